The van der Waals surface area contributed by atoms with Gasteiger partial charge >= 0.3 is 18.0 Å². The van der Waals surface area contributed by atoms with Gasteiger partial charge in [-0.15, -0.1) is 0 Å². The van der Waals surface area contributed by atoms with E-state index in [2.05, 4.69) is 15.3 Å². The number of hydrogen-bond acceptors (Lipinski definition) is 10. The van der Waals surface area contributed by atoms with Gasteiger partial charge in [-0.1, -0.05) is 51.1 Å². The molecule has 0 aliphatic carbocycles. The van der Waals surface area contributed by atoms with Crippen LogP contribution in [0.5, 0.6) is 0 Å². The number of carbonyl (C=O) groups is 3. The number of aromatic nitrogens is 1. The predicted molar refractivity (Wildman–Crippen MR) is 162 cm³/mol. The molecule has 1 fully saturated rings. The van der Waals surface area contributed by atoms with Crippen molar-refractivity contribution in [1.82, 2.24) is 10.3 Å². The number of aliphatic hydroxyl groups is 1. The number of nitrogens with two attached hydrogens (primary N) is 1. The largest absolute Gasteiger partial charge is 0.463 e. The number of amides is 1. The lowest BCUT2D eigenvalue weighted by Gasteiger charge is -2.32. The summed E-state index contributed by atoms with van der Waals surface area (Å²) in [5.41, 5.74) is 3.02. The average molecular weight is 625 g/mol. The molecule has 6 N–H and O–H groups in total. The van der Waals surface area contributed by atoms with Crippen LogP contribution in [0.3, 0.4) is 0 Å². The maximum absolute atomic E-state index is 13.6. The van der Waals surface area contributed by atoms with Crippen molar-refractivity contribution < 1.29 is 38.4 Å². The Morgan fingerprint density at radius 1 is 1.20 bits per heavy atom. The monoisotopic (exact) mass is 624 g/mol. The van der Waals surface area contributed by atoms with Gasteiger partial charge in [0.15, 0.2) is 6.10 Å². The van der Waals surface area contributed by atoms with Gasteiger partial charge in [0.2, 0.25) is 5.60 Å². The molecule has 5 atom stereocenters. The summed E-state index contributed by atoms with van der Waals surface area (Å²) >= 11 is 0. The number of esters is 2. The van der Waals surface area contributed by atoms with Crippen LogP contribution in [0.2, 0.25) is 0 Å². The number of nitriles is 1. The number of ether oxygens (including phenoxy) is 4. The van der Waals surface area contributed by atoms with Crippen LogP contribution in [0.1, 0.15) is 58.5 Å². The number of hydrogen-bond donors (Lipinski definition) is 5. The van der Waals surface area contributed by atoms with Crippen LogP contribution in [0.4, 0.5) is 4.79 Å². The van der Waals surface area contributed by atoms with Gasteiger partial charge in [0, 0.05) is 0 Å². The van der Waals surface area contributed by atoms with E-state index in [9.17, 15) is 24.8 Å². The summed E-state index contributed by atoms with van der Waals surface area (Å²) < 4.78 is 22.6. The standard InChI is InChI=1S/C31H40N6O8/c1-29(2,3)24(37-28(41)45-30(4,5)6)27(40)43-23-20(15-42-22(38)14-18-10-8-7-9-11-18)44-31(16-32,25(23)39)21-13-12-19(36-21)26(34)35-17-33/h7-13,17,20,23-25,36,39H,14-15H2,1-6H3,(H,37,41)(H3,33,34,35)/t20-,23-,24-,25-,31+/m1/s1. The van der Waals surface area contributed by atoms with E-state index >= 15 is 0 Å². The van der Waals surface area contributed by atoms with Crippen LogP contribution in [0.25, 0.3) is 0 Å². The number of amidine groups is 1. The van der Waals surface area contributed by atoms with Crippen LogP contribution in [-0.4, -0.2) is 76.9 Å². The fraction of sp³-hybridized carbons (Fsp3) is 0.484. The fourth-order valence-electron chi connectivity index (χ4n) is 4.60. The van der Waals surface area contributed by atoms with Gasteiger partial charge in [0.25, 0.3) is 0 Å². The number of alkyl carbamates (subject to hydrolysis) is 1. The van der Waals surface area contributed by atoms with Crippen LogP contribution in [0.15, 0.2) is 47.5 Å². The molecule has 14 nitrogen and oxygen atoms in total. The van der Waals surface area contributed by atoms with Crippen molar-refractivity contribution in [3.05, 3.63) is 59.4 Å². The molecule has 0 unspecified atom stereocenters. The van der Waals surface area contributed by atoms with Gasteiger partial charge in [0.1, 0.15) is 48.7 Å². The molecule has 0 saturated carbocycles. The van der Waals surface area contributed by atoms with E-state index in [0.717, 1.165) is 6.34 Å². The minimum Gasteiger partial charge on any atom is -0.463 e. The van der Waals surface area contributed by atoms with Gasteiger partial charge in [0.05, 0.1) is 17.8 Å². The molecular weight excluding hydrogens is 584 g/mol. The molecule has 1 aliphatic rings. The van der Waals surface area contributed by atoms with Crippen molar-refractivity contribution in [2.24, 2.45) is 16.1 Å². The Kier molecular flexibility index (Phi) is 10.7. The summed E-state index contributed by atoms with van der Waals surface area (Å²) in [6.45, 7) is 9.62. The highest BCUT2D eigenvalue weighted by Gasteiger charge is 2.60. The first-order chi connectivity index (χ1) is 21.0. The minimum atomic E-state index is -2.12. The fourth-order valence-corrected chi connectivity index (χ4v) is 4.60. The lowest BCUT2D eigenvalue weighted by molar-refractivity contribution is -0.164. The topological polar surface area (TPSA) is 222 Å². The number of carbonyl (C=O) groups excluding carboxylic acids is 3. The molecule has 0 bridgehead atoms. The lowest BCUT2D eigenvalue weighted by atomic mass is 9.86. The number of nitrogens with zero attached hydrogens (tertiary/aromatic N) is 2. The molecule has 1 saturated heterocycles. The number of aromatic amines is 1. The molecule has 3 rings (SSSR count). The Morgan fingerprint density at radius 3 is 2.44 bits per heavy atom. The number of nitrogens with one attached hydrogen (secondary N) is 3. The quantitative estimate of drug-likeness (QED) is 0.112. The molecule has 1 aliphatic heterocycles. The third kappa shape index (κ3) is 8.68. The van der Waals surface area contributed by atoms with E-state index in [4.69, 9.17) is 30.1 Å². The summed E-state index contributed by atoms with van der Waals surface area (Å²) in [5.74, 6) is -1.62. The molecule has 1 amide bonds. The van der Waals surface area contributed by atoms with Crippen molar-refractivity contribution in [2.45, 2.75) is 83.5 Å². The number of aliphatic imine (C=N–C) groups is 1. The molecular formula is C31H40N6O8. The molecule has 242 valence electrons. The molecule has 14 heteroatoms. The first kappa shape index (κ1) is 34.7. The Balaban J connectivity index is 1.93. The Bertz CT molecular complexity index is 1450. The number of H-pyrrole nitrogens is 1. The van der Waals surface area contributed by atoms with E-state index in [0.29, 0.717) is 5.56 Å². The SMILES string of the molecule is CC(C)(C)OC(=O)N[C@H](C(=O)O[C@H]1[C@@H](O)[C@](C#N)(c2ccc(C(N)=NC=N)[nH]2)O[C@@H]1COC(=O)Cc1ccccc1)C(C)(C)C. The van der Waals surface area contributed by atoms with Crippen LogP contribution in [-0.2, 0) is 40.6 Å². The molecule has 2 aromatic rings. The third-order valence-electron chi connectivity index (χ3n) is 6.78. The van der Waals surface area contributed by atoms with Gasteiger partial charge in [-0.2, -0.15) is 5.26 Å². The summed E-state index contributed by atoms with van der Waals surface area (Å²) in [6, 6.07) is 12.5. The summed E-state index contributed by atoms with van der Waals surface area (Å²) in [4.78, 5) is 45.4. The summed E-state index contributed by atoms with van der Waals surface area (Å²) in [6.07, 6.45) is -4.79. The van der Waals surface area contributed by atoms with Crippen molar-refractivity contribution in [1.29, 1.82) is 10.7 Å². The van der Waals surface area contributed by atoms with Crippen molar-refractivity contribution in [2.75, 3.05) is 6.61 Å². The molecule has 1 aromatic carbocycles. The third-order valence-corrected chi connectivity index (χ3v) is 6.78. The second-order valence-electron chi connectivity index (χ2n) is 12.6. The molecule has 0 spiro atoms. The molecule has 0 radical (unpaired) electrons. The smallest absolute Gasteiger partial charge is 0.408 e. The second kappa shape index (κ2) is 13.9. The van der Waals surface area contributed by atoms with Gasteiger partial charge in [-0.05, 0) is 43.9 Å². The van der Waals surface area contributed by atoms with Gasteiger partial charge in [-0.25, -0.2) is 14.6 Å². The Labute approximate surface area is 261 Å². The number of rotatable bonds is 10. The Hall–Kier alpha value is -4.74. The number of benzene rings is 1. The lowest BCUT2D eigenvalue weighted by Crippen LogP contribution is -2.53. The normalized spacial score (nSPS) is 22.5. The van der Waals surface area contributed by atoms with Gasteiger partial charge in [-0.3, -0.25) is 10.2 Å². The summed E-state index contributed by atoms with van der Waals surface area (Å²) in [7, 11) is 0. The minimum absolute atomic E-state index is 0.0500. The molecule has 2 heterocycles. The molecule has 1 aromatic heterocycles. The maximum atomic E-state index is 13.6. The van der Waals surface area contributed by atoms with Crippen molar-refractivity contribution in [3.8, 4) is 6.07 Å². The number of aliphatic hydroxyl groups excluding tert-OH is 1. The maximum Gasteiger partial charge on any atom is 0.408 e. The first-order valence-electron chi connectivity index (χ1n) is 14.2. The zero-order valence-electron chi connectivity index (χ0n) is 26.1. The van der Waals surface area contributed by atoms with Gasteiger partial charge < -0.3 is 40.1 Å². The zero-order chi connectivity index (χ0) is 33.6. The first-order valence-corrected chi connectivity index (χ1v) is 14.2. The van der Waals surface area contributed by atoms with E-state index < -0.39 is 65.6 Å². The molecule has 45 heavy (non-hydrogen) atoms. The van der Waals surface area contributed by atoms with E-state index in [-0.39, 0.29) is 23.6 Å². The van der Waals surface area contributed by atoms with E-state index in [1.54, 1.807) is 65.8 Å². The highest BCUT2D eigenvalue weighted by Crippen LogP contribution is 2.41. The summed E-state index contributed by atoms with van der Waals surface area (Å²) in [5, 5.41) is 31.5. The predicted octanol–water partition coefficient (Wildman–Crippen LogP) is 2.44. The van der Waals surface area contributed by atoms with E-state index in [1.165, 1.54) is 12.1 Å². The van der Waals surface area contributed by atoms with Crippen LogP contribution >= 0.6 is 0 Å². The van der Waals surface area contributed by atoms with Crippen LogP contribution < -0.4 is 11.1 Å². The van der Waals surface area contributed by atoms with Crippen molar-refractivity contribution >= 4 is 30.2 Å². The van der Waals surface area contributed by atoms with Crippen LogP contribution in [0, 0.1) is 22.2 Å². The highest BCUT2D eigenvalue weighted by molar-refractivity contribution is 5.99. The Morgan fingerprint density at radius 2 is 1.87 bits per heavy atom. The second-order valence-corrected chi connectivity index (χ2v) is 12.6. The van der Waals surface area contributed by atoms with Crippen molar-refractivity contribution in [3.63, 3.8) is 0 Å². The van der Waals surface area contributed by atoms with E-state index in [1.807, 2.05) is 12.1 Å². The average Bonchev–Trinajstić information content (AvgIpc) is 3.54. The zero-order valence-corrected chi connectivity index (χ0v) is 26.1. The highest BCUT2D eigenvalue weighted by atomic mass is 16.6.